The van der Waals surface area contributed by atoms with Gasteiger partial charge < -0.3 is 0 Å². The minimum atomic E-state index is 1.13. The highest BCUT2D eigenvalue weighted by atomic mass is 15.1. The van der Waals surface area contributed by atoms with E-state index in [1.165, 1.54) is 27.8 Å². The molecule has 2 heteroatoms. The van der Waals surface area contributed by atoms with Crippen LogP contribution in [0.3, 0.4) is 0 Å². The Kier molecular flexibility index (Phi) is 4.25. The highest BCUT2D eigenvalue weighted by Crippen LogP contribution is 2.33. The van der Waals surface area contributed by atoms with Crippen molar-refractivity contribution in [2.24, 2.45) is 7.05 Å². The van der Waals surface area contributed by atoms with Gasteiger partial charge in [0.1, 0.15) is 0 Å². The van der Waals surface area contributed by atoms with E-state index in [4.69, 9.17) is 0 Å². The highest BCUT2D eigenvalue weighted by Gasteiger charge is 2.20. The van der Waals surface area contributed by atoms with Crippen LogP contribution in [0.5, 0.6) is 0 Å². The molecule has 2 aliphatic rings. The summed E-state index contributed by atoms with van der Waals surface area (Å²) in [6.07, 6.45) is 5.77. The molecule has 0 N–H and O–H groups in total. The third-order valence-corrected chi connectivity index (χ3v) is 5.47. The standard InChI is InChI=1S/C27H22N2/c1-20-15-16-23(21-10-5-3-6-11-21)18-26(20)29-19-25(22-12-7-4-8-13-22)24-14-9-17-28(2)27(24)29/h3-18H,1-2H3. The molecule has 0 amide bonds. The van der Waals surface area contributed by atoms with Crippen molar-refractivity contribution in [3.8, 4) is 39.3 Å². The van der Waals surface area contributed by atoms with Crippen molar-refractivity contribution in [3.05, 3.63) is 109 Å². The van der Waals surface area contributed by atoms with Gasteiger partial charge in [-0.15, -0.1) is 0 Å². The molecule has 3 aromatic rings. The van der Waals surface area contributed by atoms with Crippen LogP contribution in [0.1, 0.15) is 5.56 Å². The SMILES string of the molecule is Cc1ccc(-c2ccccc2)cc1-[n+]1[c-]c(-c2ccccc2)c2cccn(C)c1-2. The summed E-state index contributed by atoms with van der Waals surface area (Å²) in [5, 5.41) is 0. The summed E-state index contributed by atoms with van der Waals surface area (Å²) in [5.74, 6) is 1.14. The smallest absolute Gasteiger partial charge is 0.196 e. The lowest BCUT2D eigenvalue weighted by molar-refractivity contribution is -0.588. The number of aromatic nitrogens is 2. The Morgan fingerprint density at radius 3 is 2.14 bits per heavy atom. The second kappa shape index (κ2) is 7.06. The number of rotatable bonds is 3. The average molecular weight is 374 g/mol. The minimum absolute atomic E-state index is 1.13. The number of aryl methyl sites for hydroxylation is 2. The monoisotopic (exact) mass is 374 g/mol. The summed E-state index contributed by atoms with van der Waals surface area (Å²) in [4.78, 5) is 0. The van der Waals surface area contributed by atoms with Gasteiger partial charge in [0, 0.05) is 0 Å². The van der Waals surface area contributed by atoms with Gasteiger partial charge in [0.2, 0.25) is 0 Å². The van der Waals surface area contributed by atoms with Gasteiger partial charge in [0.15, 0.2) is 5.82 Å². The first-order chi connectivity index (χ1) is 14.2. The molecule has 0 saturated carbocycles. The van der Waals surface area contributed by atoms with E-state index >= 15 is 0 Å². The number of nitrogens with zero attached hydrogens (tertiary/aromatic N) is 2. The van der Waals surface area contributed by atoms with Gasteiger partial charge in [-0.2, -0.15) is 0 Å². The van der Waals surface area contributed by atoms with E-state index < -0.39 is 0 Å². The number of pyridine rings is 1. The summed E-state index contributed by atoms with van der Waals surface area (Å²) >= 11 is 0. The van der Waals surface area contributed by atoms with Crippen LogP contribution in [-0.2, 0) is 7.05 Å². The van der Waals surface area contributed by atoms with Crippen LogP contribution in [0, 0.1) is 13.1 Å². The molecule has 0 spiro atoms. The molecule has 0 saturated heterocycles. The number of hydrogen-bond acceptors (Lipinski definition) is 0. The fourth-order valence-corrected chi connectivity index (χ4v) is 3.96. The van der Waals surface area contributed by atoms with Crippen LogP contribution >= 0.6 is 0 Å². The van der Waals surface area contributed by atoms with Crippen molar-refractivity contribution >= 4 is 0 Å². The maximum Gasteiger partial charge on any atom is 0.196 e. The van der Waals surface area contributed by atoms with E-state index in [0.717, 1.165) is 17.1 Å². The Labute approximate surface area is 171 Å². The molecular weight excluding hydrogens is 352 g/mol. The molecule has 2 nitrogen and oxygen atoms in total. The minimum Gasteiger partial charge on any atom is -0.298 e. The molecule has 29 heavy (non-hydrogen) atoms. The molecule has 0 bridgehead atoms. The van der Waals surface area contributed by atoms with Crippen molar-refractivity contribution in [2.75, 3.05) is 0 Å². The second-order valence-corrected chi connectivity index (χ2v) is 7.41. The van der Waals surface area contributed by atoms with Crippen molar-refractivity contribution in [1.82, 2.24) is 4.57 Å². The molecular formula is C27H22N2. The first-order valence-electron chi connectivity index (χ1n) is 9.86. The van der Waals surface area contributed by atoms with Gasteiger partial charge >= 0.3 is 0 Å². The third-order valence-electron chi connectivity index (χ3n) is 5.47. The zero-order chi connectivity index (χ0) is 19.8. The Morgan fingerprint density at radius 1 is 0.724 bits per heavy atom. The lowest BCUT2D eigenvalue weighted by atomic mass is 10.0. The fraction of sp³-hybridized carbons (Fsp3) is 0.0741. The van der Waals surface area contributed by atoms with E-state index in [2.05, 4.69) is 126 Å². The predicted molar refractivity (Wildman–Crippen MR) is 118 cm³/mol. The molecule has 0 aromatic heterocycles. The lowest BCUT2D eigenvalue weighted by Gasteiger charge is -2.14. The topological polar surface area (TPSA) is 8.81 Å². The van der Waals surface area contributed by atoms with Gasteiger partial charge in [-0.3, -0.25) is 9.13 Å². The van der Waals surface area contributed by atoms with Gasteiger partial charge in [-0.1, -0.05) is 90.0 Å². The second-order valence-electron chi connectivity index (χ2n) is 7.41. The van der Waals surface area contributed by atoms with Gasteiger partial charge in [-0.05, 0) is 41.3 Å². The summed E-state index contributed by atoms with van der Waals surface area (Å²) in [5.41, 5.74) is 8.31. The summed E-state index contributed by atoms with van der Waals surface area (Å²) in [6.45, 7) is 2.16. The first-order valence-corrected chi connectivity index (χ1v) is 9.86. The molecule has 140 valence electrons. The van der Waals surface area contributed by atoms with Crippen LogP contribution in [-0.4, -0.2) is 4.57 Å². The molecule has 0 unspecified atom stereocenters. The molecule has 2 aliphatic heterocycles. The van der Waals surface area contributed by atoms with Crippen molar-refractivity contribution in [2.45, 2.75) is 6.92 Å². The van der Waals surface area contributed by atoms with Crippen molar-refractivity contribution < 1.29 is 4.57 Å². The van der Waals surface area contributed by atoms with Crippen LogP contribution in [0.15, 0.2) is 97.2 Å². The maximum absolute atomic E-state index is 3.68. The number of benzene rings is 3. The van der Waals surface area contributed by atoms with E-state index in [0.29, 0.717) is 0 Å². The molecule has 0 aliphatic carbocycles. The number of fused-ring (bicyclic) bond motifs is 1. The highest BCUT2D eigenvalue weighted by molar-refractivity contribution is 5.80. The van der Waals surface area contributed by atoms with Crippen LogP contribution in [0.2, 0.25) is 0 Å². The number of hydrogen-bond donors (Lipinski definition) is 0. The summed E-state index contributed by atoms with van der Waals surface area (Å²) in [7, 11) is 2.10. The Morgan fingerprint density at radius 2 is 1.41 bits per heavy atom. The maximum atomic E-state index is 3.68. The normalized spacial score (nSPS) is 11.1. The largest absolute Gasteiger partial charge is 0.298 e. The Hall–Kier alpha value is -3.65. The summed E-state index contributed by atoms with van der Waals surface area (Å²) < 4.78 is 4.38. The van der Waals surface area contributed by atoms with Crippen LogP contribution in [0.4, 0.5) is 0 Å². The van der Waals surface area contributed by atoms with Crippen molar-refractivity contribution in [3.63, 3.8) is 0 Å². The van der Waals surface area contributed by atoms with E-state index in [1.807, 2.05) is 0 Å². The molecule has 2 heterocycles. The van der Waals surface area contributed by atoms with E-state index in [-0.39, 0.29) is 0 Å². The van der Waals surface area contributed by atoms with Crippen LogP contribution < -0.4 is 4.57 Å². The van der Waals surface area contributed by atoms with Crippen molar-refractivity contribution in [1.29, 1.82) is 0 Å². The fourth-order valence-electron chi connectivity index (χ4n) is 3.96. The molecule has 0 atom stereocenters. The molecule has 0 fully saturated rings. The van der Waals surface area contributed by atoms with Gasteiger partial charge in [0.05, 0.1) is 25.1 Å². The predicted octanol–water partition coefficient (Wildman–Crippen LogP) is 5.85. The summed E-state index contributed by atoms with van der Waals surface area (Å²) in [6, 6.07) is 32.0. The Bertz CT molecular complexity index is 1250. The Balaban J connectivity index is 1.76. The molecule has 0 radical (unpaired) electrons. The zero-order valence-electron chi connectivity index (χ0n) is 16.6. The van der Waals surface area contributed by atoms with Gasteiger partial charge in [-0.25, -0.2) is 0 Å². The van der Waals surface area contributed by atoms with Crippen LogP contribution in [0.25, 0.3) is 39.3 Å². The average Bonchev–Trinajstić information content (AvgIpc) is 3.16. The quantitative estimate of drug-likeness (QED) is 0.277. The third kappa shape index (κ3) is 3.03. The van der Waals surface area contributed by atoms with E-state index in [9.17, 15) is 0 Å². The lowest BCUT2D eigenvalue weighted by Crippen LogP contribution is -2.34. The zero-order valence-corrected chi connectivity index (χ0v) is 16.6. The first kappa shape index (κ1) is 17.4. The van der Waals surface area contributed by atoms with Gasteiger partial charge in [0.25, 0.3) is 0 Å². The molecule has 5 rings (SSSR count). The van der Waals surface area contributed by atoms with E-state index in [1.54, 1.807) is 0 Å². The molecule has 3 aromatic carbocycles.